The van der Waals surface area contributed by atoms with E-state index in [0.717, 1.165) is 30.3 Å². The zero-order chi connectivity index (χ0) is 25.8. The molecule has 12 nitrogen and oxygen atoms in total. The zero-order valence-electron chi connectivity index (χ0n) is 29.1. The molecule has 194 valence electrons. The molecular weight excluding hydrogens is 662 g/mol. The number of rotatable bonds is 5. The van der Waals surface area contributed by atoms with Gasteiger partial charge in [0.15, 0.2) is 5.75 Å². The van der Waals surface area contributed by atoms with Crippen LogP contribution in [0.15, 0.2) is 85.6 Å². The van der Waals surface area contributed by atoms with Crippen LogP contribution in [0, 0.1) is 0 Å². The van der Waals surface area contributed by atoms with E-state index >= 15 is 0 Å². The molecular formula is C20H20N2Na6O10S3. The minimum Gasteiger partial charge on any atom is -1.00 e. The average molecular weight is 683 g/mol. The standard InChI is InChI=1S/C20H14N2O10S3.6Na.6H/c23-20-18(35(30,31)32)10-11-9-12(33(24,25)26)5-6-13(11)19(20)22-21-16-7-8-17(34(27,28)29)15-4-2-1-3-14(15)16;;;;;;;;;;;;/h1-10,23H,(H,24,25,26)(H,27,28,29)(H,30,31,32);;;;;;;;;;;;/q;6*+1;6*-1. The molecule has 0 bridgehead atoms. The number of azo groups is 1. The average Bonchev–Trinajstić information content (AvgIpc) is 2.75. The molecule has 0 fully saturated rings. The van der Waals surface area contributed by atoms with Gasteiger partial charge in [0.1, 0.15) is 15.5 Å². The third-order valence-electron chi connectivity index (χ3n) is 4.99. The fourth-order valence-electron chi connectivity index (χ4n) is 3.46. The van der Waals surface area contributed by atoms with Crippen LogP contribution in [0.5, 0.6) is 5.75 Å². The van der Waals surface area contributed by atoms with Crippen LogP contribution in [0.2, 0.25) is 0 Å². The van der Waals surface area contributed by atoms with Crippen molar-refractivity contribution in [2.75, 3.05) is 0 Å². The van der Waals surface area contributed by atoms with Crippen LogP contribution in [0.25, 0.3) is 21.5 Å². The van der Waals surface area contributed by atoms with Gasteiger partial charge in [-0.1, -0.05) is 30.3 Å². The van der Waals surface area contributed by atoms with E-state index < -0.39 is 51.6 Å². The maximum Gasteiger partial charge on any atom is 1.00 e. The Labute approximate surface area is 377 Å². The molecule has 21 heteroatoms. The topological polar surface area (TPSA) is 208 Å². The van der Waals surface area contributed by atoms with Crippen LogP contribution < -0.4 is 177 Å². The van der Waals surface area contributed by atoms with E-state index in [9.17, 15) is 44.0 Å². The SMILES string of the molecule is O=S(=O)(O)c1ccc2c(N=Nc3ccc(S(=O)(=O)O)c4ccccc34)c(O)c(S(=O)(=O)O)cc2c1.[H-].[H-].[H-].[H-].[H-].[H-].[Na+].[Na+].[Na+].[Na+].[Na+].[Na+]. The van der Waals surface area contributed by atoms with Crippen molar-refractivity contribution in [1.82, 2.24) is 0 Å². The Morgan fingerprint density at radius 2 is 1.10 bits per heavy atom. The monoisotopic (exact) mass is 682 g/mol. The Hall–Kier alpha value is 2.53. The zero-order valence-corrected chi connectivity index (χ0v) is 37.6. The summed E-state index contributed by atoms with van der Waals surface area (Å²) < 4.78 is 98.2. The first-order valence-electron chi connectivity index (χ1n) is 9.33. The summed E-state index contributed by atoms with van der Waals surface area (Å²) in [5.41, 5.74) is -0.382. The van der Waals surface area contributed by atoms with Crippen LogP contribution in [-0.2, 0) is 30.4 Å². The molecule has 0 aliphatic carbocycles. The first kappa shape index (κ1) is 47.9. The van der Waals surface area contributed by atoms with Gasteiger partial charge in [0, 0.05) is 16.2 Å². The molecule has 0 unspecified atom stereocenters. The number of phenolic OH excluding ortho intramolecular Hbond substituents is 1. The summed E-state index contributed by atoms with van der Waals surface area (Å²) >= 11 is 0. The number of hydrogen-bond acceptors (Lipinski definition) is 9. The maximum absolute atomic E-state index is 11.8. The number of phenols is 1. The van der Waals surface area contributed by atoms with E-state index in [2.05, 4.69) is 10.2 Å². The van der Waals surface area contributed by atoms with Gasteiger partial charge in [0.25, 0.3) is 30.4 Å². The Morgan fingerprint density at radius 1 is 0.561 bits per heavy atom. The number of benzene rings is 4. The Kier molecular flexibility index (Phi) is 21.9. The minimum absolute atomic E-state index is 0. The van der Waals surface area contributed by atoms with E-state index in [4.69, 9.17) is 0 Å². The fraction of sp³-hybridized carbons (Fsp3) is 0. The van der Waals surface area contributed by atoms with Gasteiger partial charge in [-0.3, -0.25) is 13.7 Å². The first-order valence-corrected chi connectivity index (χ1v) is 13.7. The molecule has 4 aromatic rings. The fourth-order valence-corrected chi connectivity index (χ4v) is 5.29. The van der Waals surface area contributed by atoms with Crippen molar-refractivity contribution < 1.29 is 230 Å². The van der Waals surface area contributed by atoms with Crippen LogP contribution in [-0.4, -0.2) is 44.0 Å². The maximum atomic E-state index is 11.8. The van der Waals surface area contributed by atoms with Crippen molar-refractivity contribution in [2.24, 2.45) is 10.2 Å². The van der Waals surface area contributed by atoms with Gasteiger partial charge in [0.2, 0.25) is 0 Å². The second-order valence-electron chi connectivity index (χ2n) is 7.21. The Bertz CT molecular complexity index is 1930. The van der Waals surface area contributed by atoms with Gasteiger partial charge in [-0.2, -0.15) is 25.3 Å². The molecule has 0 spiro atoms. The smallest absolute Gasteiger partial charge is 1.00 e. The molecule has 4 aromatic carbocycles. The first-order chi connectivity index (χ1) is 16.2. The van der Waals surface area contributed by atoms with Crippen molar-refractivity contribution in [3.05, 3.63) is 60.7 Å². The molecule has 0 amide bonds. The largest absolute Gasteiger partial charge is 1.00 e. The number of hydrogen-bond donors (Lipinski definition) is 4. The quantitative estimate of drug-likeness (QED) is 0.0888. The number of aromatic hydroxyl groups is 1. The molecule has 4 rings (SSSR count). The summed E-state index contributed by atoms with van der Waals surface area (Å²) in [6.07, 6.45) is 0. The van der Waals surface area contributed by atoms with Crippen molar-refractivity contribution in [3.8, 4) is 5.75 Å². The van der Waals surface area contributed by atoms with Gasteiger partial charge >= 0.3 is 177 Å². The second kappa shape index (κ2) is 18.8. The molecule has 0 radical (unpaired) electrons. The summed E-state index contributed by atoms with van der Waals surface area (Å²) in [6.45, 7) is 0. The molecule has 41 heavy (non-hydrogen) atoms. The van der Waals surface area contributed by atoms with Crippen molar-refractivity contribution in [3.63, 3.8) is 0 Å². The predicted molar refractivity (Wildman–Crippen MR) is 130 cm³/mol. The summed E-state index contributed by atoms with van der Waals surface area (Å²) in [4.78, 5) is -1.95. The number of nitrogens with zero attached hydrogens (tertiary/aromatic N) is 2. The molecule has 0 aromatic heterocycles. The Balaban J connectivity index is -0.000000172. The summed E-state index contributed by atoms with van der Waals surface area (Å²) in [5.74, 6) is -0.984. The van der Waals surface area contributed by atoms with E-state index in [-0.39, 0.29) is 218 Å². The molecule has 0 saturated heterocycles. The summed E-state index contributed by atoms with van der Waals surface area (Å²) in [6, 6.07) is 12.1. The minimum atomic E-state index is -4.99. The Morgan fingerprint density at radius 3 is 1.61 bits per heavy atom. The second-order valence-corrected chi connectivity index (χ2v) is 11.4. The molecule has 0 aliphatic heterocycles. The molecule has 0 atom stereocenters. The van der Waals surface area contributed by atoms with Crippen LogP contribution in [0.3, 0.4) is 0 Å². The normalized spacial score (nSPS) is 11.2. The van der Waals surface area contributed by atoms with Crippen LogP contribution in [0.1, 0.15) is 8.56 Å². The summed E-state index contributed by atoms with van der Waals surface area (Å²) in [7, 11) is -14.2. The third kappa shape index (κ3) is 11.3. The van der Waals surface area contributed by atoms with Crippen molar-refractivity contribution >= 4 is 63.3 Å². The predicted octanol–water partition coefficient (Wildman–Crippen LogP) is -13.4. The van der Waals surface area contributed by atoms with Gasteiger partial charge < -0.3 is 13.7 Å². The van der Waals surface area contributed by atoms with Gasteiger partial charge in [-0.05, 0) is 35.7 Å². The van der Waals surface area contributed by atoms with Gasteiger partial charge in [-0.15, -0.1) is 10.2 Å². The molecule has 4 N–H and O–H groups in total. The van der Waals surface area contributed by atoms with E-state index in [1.54, 1.807) is 6.07 Å². The molecule has 0 saturated carbocycles. The van der Waals surface area contributed by atoms with Crippen LogP contribution >= 0.6 is 0 Å². The molecule has 0 heterocycles. The van der Waals surface area contributed by atoms with Crippen molar-refractivity contribution in [2.45, 2.75) is 14.7 Å². The van der Waals surface area contributed by atoms with E-state index in [0.29, 0.717) is 0 Å². The third-order valence-corrected chi connectivity index (χ3v) is 7.62. The molecule has 0 aliphatic rings. The van der Waals surface area contributed by atoms with E-state index in [1.165, 1.54) is 24.3 Å². The van der Waals surface area contributed by atoms with E-state index in [1.807, 2.05) is 0 Å². The van der Waals surface area contributed by atoms with Crippen molar-refractivity contribution in [1.29, 1.82) is 0 Å². The van der Waals surface area contributed by atoms with Gasteiger partial charge in [-0.25, -0.2) is 0 Å². The number of fused-ring (bicyclic) bond motifs is 2. The summed E-state index contributed by atoms with van der Waals surface area (Å²) in [5, 5.41) is 18.6. The van der Waals surface area contributed by atoms with Crippen LogP contribution in [0.4, 0.5) is 11.4 Å². The van der Waals surface area contributed by atoms with Gasteiger partial charge in [0.05, 0.1) is 10.6 Å².